The van der Waals surface area contributed by atoms with Gasteiger partial charge in [0.15, 0.2) is 6.17 Å². The van der Waals surface area contributed by atoms with E-state index < -0.39 is 6.17 Å². The Hall–Kier alpha value is -2.29. The molecule has 0 fully saturated rings. The molecular weight excluding hydrogens is 302 g/mol. The first-order valence-corrected chi connectivity index (χ1v) is 8.50. The van der Waals surface area contributed by atoms with Crippen molar-refractivity contribution in [3.8, 4) is 6.07 Å². The van der Waals surface area contributed by atoms with Crippen molar-refractivity contribution in [1.29, 1.82) is 5.26 Å². The highest BCUT2D eigenvalue weighted by molar-refractivity contribution is 5.82. The quantitative estimate of drug-likeness (QED) is 0.750. The number of carbonyl (C=O) groups excluding carboxylic acids is 1. The van der Waals surface area contributed by atoms with Crippen LogP contribution in [0.2, 0.25) is 0 Å². The summed E-state index contributed by atoms with van der Waals surface area (Å²) < 4.78 is 0. The molecule has 1 aliphatic rings. The molecule has 24 heavy (non-hydrogen) atoms. The molecule has 0 radical (unpaired) electrons. The molecule has 0 aromatic rings. The number of allylic oxidation sites excluding steroid dienone is 3. The number of rotatable bonds is 6. The van der Waals surface area contributed by atoms with Crippen LogP contribution >= 0.6 is 0 Å². The lowest BCUT2D eigenvalue weighted by molar-refractivity contribution is -0.141. The Bertz CT molecular complexity index is 546. The zero-order chi connectivity index (χ0) is 18.1. The summed E-state index contributed by atoms with van der Waals surface area (Å²) >= 11 is 0. The maximum Gasteiger partial charge on any atom is 0.267 e. The average Bonchev–Trinajstić information content (AvgIpc) is 2.63. The lowest BCUT2D eigenvalue weighted by Gasteiger charge is -2.35. The van der Waals surface area contributed by atoms with Crippen LogP contribution in [0.5, 0.6) is 0 Å². The van der Waals surface area contributed by atoms with Gasteiger partial charge in [0.2, 0.25) is 0 Å². The van der Waals surface area contributed by atoms with Gasteiger partial charge in [-0.1, -0.05) is 20.3 Å². The number of likely N-dealkylation sites (N-methyl/N-ethyl adjacent to an activating group) is 3. The van der Waals surface area contributed by atoms with Gasteiger partial charge in [-0.15, -0.1) is 0 Å². The highest BCUT2D eigenvalue weighted by atomic mass is 16.2. The molecular formula is C18H29N5O. The molecule has 1 heterocycles. The molecule has 2 atom stereocenters. The molecule has 0 bridgehead atoms. The van der Waals surface area contributed by atoms with Gasteiger partial charge in [0, 0.05) is 39.6 Å². The second-order valence-corrected chi connectivity index (χ2v) is 6.15. The molecule has 132 valence electrons. The van der Waals surface area contributed by atoms with Crippen molar-refractivity contribution in [2.45, 2.75) is 39.8 Å². The van der Waals surface area contributed by atoms with Crippen LogP contribution in [0, 0.1) is 17.2 Å². The fraction of sp³-hybridized carbons (Fsp3) is 0.611. The van der Waals surface area contributed by atoms with Crippen LogP contribution in [0.3, 0.4) is 0 Å². The molecule has 0 aromatic carbocycles. The first kappa shape index (κ1) is 19.8. The summed E-state index contributed by atoms with van der Waals surface area (Å²) in [6, 6.07) is 2.12. The standard InChI is InChI=1S/C18H29N5O/c1-6-15(3)10-12-23(7-2)18(24)17-21(4)14-16(13-19)9-8-11-20-22(17)5/h8-9,11,14-15,17H,6-7,10,12H2,1-5H3/b9-8-,16-14+,20-11+. The van der Waals surface area contributed by atoms with Crippen LogP contribution in [-0.2, 0) is 4.79 Å². The Morgan fingerprint density at radius 3 is 2.75 bits per heavy atom. The molecule has 0 aromatic heterocycles. The first-order valence-electron chi connectivity index (χ1n) is 8.50. The van der Waals surface area contributed by atoms with Crippen LogP contribution in [-0.4, -0.2) is 60.3 Å². The Labute approximate surface area is 145 Å². The van der Waals surface area contributed by atoms with Crippen LogP contribution in [0.1, 0.15) is 33.6 Å². The maximum absolute atomic E-state index is 13.1. The number of nitriles is 1. The largest absolute Gasteiger partial charge is 0.350 e. The Kier molecular flexibility index (Phi) is 8.03. The highest BCUT2D eigenvalue weighted by Crippen LogP contribution is 2.14. The lowest BCUT2D eigenvalue weighted by atomic mass is 10.1. The Morgan fingerprint density at radius 2 is 2.17 bits per heavy atom. The number of hydrogen-bond acceptors (Lipinski definition) is 5. The second-order valence-electron chi connectivity index (χ2n) is 6.15. The van der Waals surface area contributed by atoms with Crippen molar-refractivity contribution in [3.63, 3.8) is 0 Å². The molecule has 1 aliphatic heterocycles. The smallest absolute Gasteiger partial charge is 0.267 e. The van der Waals surface area contributed by atoms with Gasteiger partial charge >= 0.3 is 0 Å². The Morgan fingerprint density at radius 1 is 1.46 bits per heavy atom. The van der Waals surface area contributed by atoms with Crippen molar-refractivity contribution < 1.29 is 4.79 Å². The SMILES string of the molecule is CCC(C)CCN(CC)C(=O)C1N(C)\C=C(C#N)/C=C\C=N\N1C. The molecule has 1 rings (SSSR count). The number of amides is 1. The van der Waals surface area contributed by atoms with Crippen LogP contribution in [0.4, 0.5) is 0 Å². The van der Waals surface area contributed by atoms with E-state index in [9.17, 15) is 10.1 Å². The van der Waals surface area contributed by atoms with Gasteiger partial charge in [0.1, 0.15) is 6.07 Å². The fourth-order valence-corrected chi connectivity index (χ4v) is 2.52. The minimum atomic E-state index is -0.568. The van der Waals surface area contributed by atoms with E-state index in [0.29, 0.717) is 18.0 Å². The van der Waals surface area contributed by atoms with Crippen molar-refractivity contribution >= 4 is 12.1 Å². The minimum Gasteiger partial charge on any atom is -0.350 e. The summed E-state index contributed by atoms with van der Waals surface area (Å²) in [5.41, 5.74) is 0.486. The topological polar surface area (TPSA) is 62.9 Å². The molecule has 0 aliphatic carbocycles. The summed E-state index contributed by atoms with van der Waals surface area (Å²) in [7, 11) is 3.57. The summed E-state index contributed by atoms with van der Waals surface area (Å²) in [5, 5.41) is 15.1. The summed E-state index contributed by atoms with van der Waals surface area (Å²) in [5.74, 6) is 0.591. The van der Waals surface area contributed by atoms with Gasteiger partial charge in [0.25, 0.3) is 5.91 Å². The molecule has 0 N–H and O–H groups in total. The summed E-state index contributed by atoms with van der Waals surface area (Å²) in [4.78, 5) is 16.7. The van der Waals surface area contributed by atoms with E-state index in [1.54, 1.807) is 48.6 Å². The normalized spacial score (nSPS) is 23.8. The van der Waals surface area contributed by atoms with Crippen molar-refractivity contribution in [2.75, 3.05) is 27.2 Å². The molecule has 2 unspecified atom stereocenters. The van der Waals surface area contributed by atoms with E-state index >= 15 is 0 Å². The third kappa shape index (κ3) is 5.41. The predicted octanol–water partition coefficient (Wildman–Crippen LogP) is 2.42. The lowest BCUT2D eigenvalue weighted by Crippen LogP contribution is -2.52. The summed E-state index contributed by atoms with van der Waals surface area (Å²) in [6.07, 6.45) is 8.20. The third-order valence-corrected chi connectivity index (χ3v) is 4.33. The molecule has 6 heteroatoms. The van der Waals surface area contributed by atoms with Gasteiger partial charge in [0.05, 0.1) is 5.57 Å². The van der Waals surface area contributed by atoms with Gasteiger partial charge in [-0.2, -0.15) is 10.4 Å². The van der Waals surface area contributed by atoms with Crippen molar-refractivity contribution in [3.05, 3.63) is 23.9 Å². The van der Waals surface area contributed by atoms with E-state index in [-0.39, 0.29) is 5.91 Å². The van der Waals surface area contributed by atoms with Crippen LogP contribution < -0.4 is 0 Å². The van der Waals surface area contributed by atoms with Crippen LogP contribution in [0.25, 0.3) is 0 Å². The molecule has 0 saturated carbocycles. The highest BCUT2D eigenvalue weighted by Gasteiger charge is 2.30. The van der Waals surface area contributed by atoms with E-state index in [1.807, 2.05) is 11.8 Å². The number of hydrazone groups is 1. The number of hydrogen-bond donors (Lipinski definition) is 0. The number of carbonyl (C=O) groups is 1. The monoisotopic (exact) mass is 331 g/mol. The minimum absolute atomic E-state index is 0.00149. The molecule has 1 amide bonds. The third-order valence-electron chi connectivity index (χ3n) is 4.33. The van der Waals surface area contributed by atoms with Gasteiger partial charge in [-0.05, 0) is 31.4 Å². The van der Waals surface area contributed by atoms with Gasteiger partial charge in [-0.3, -0.25) is 9.80 Å². The molecule has 6 nitrogen and oxygen atoms in total. The zero-order valence-electron chi connectivity index (χ0n) is 15.4. The van der Waals surface area contributed by atoms with Gasteiger partial charge < -0.3 is 9.80 Å². The van der Waals surface area contributed by atoms with E-state index in [1.165, 1.54) is 0 Å². The van der Waals surface area contributed by atoms with E-state index in [0.717, 1.165) is 19.4 Å². The second kappa shape index (κ2) is 9.76. The van der Waals surface area contributed by atoms with Crippen molar-refractivity contribution in [2.24, 2.45) is 11.0 Å². The predicted molar refractivity (Wildman–Crippen MR) is 97.0 cm³/mol. The summed E-state index contributed by atoms with van der Waals surface area (Å²) in [6.45, 7) is 7.75. The zero-order valence-corrected chi connectivity index (χ0v) is 15.4. The fourth-order valence-electron chi connectivity index (χ4n) is 2.52. The van der Waals surface area contributed by atoms with Crippen molar-refractivity contribution in [1.82, 2.24) is 14.8 Å². The van der Waals surface area contributed by atoms with E-state index in [2.05, 4.69) is 25.0 Å². The Balaban J connectivity index is 3.00. The molecule has 0 saturated heterocycles. The van der Waals surface area contributed by atoms with Crippen LogP contribution in [0.15, 0.2) is 29.0 Å². The maximum atomic E-state index is 13.1. The van der Waals surface area contributed by atoms with Gasteiger partial charge in [-0.25, -0.2) is 0 Å². The molecule has 0 spiro atoms. The van der Waals surface area contributed by atoms with E-state index in [4.69, 9.17) is 0 Å². The number of nitrogens with zero attached hydrogens (tertiary/aromatic N) is 5. The average molecular weight is 331 g/mol. The first-order chi connectivity index (χ1) is 11.4.